The molecule has 25 heavy (non-hydrogen) atoms. The van der Waals surface area contributed by atoms with Gasteiger partial charge in [0.25, 0.3) is 5.91 Å². The summed E-state index contributed by atoms with van der Waals surface area (Å²) in [5, 5.41) is 3.27. The molecule has 1 amide bonds. The molecule has 0 saturated carbocycles. The van der Waals surface area contributed by atoms with E-state index in [-0.39, 0.29) is 12.3 Å². The summed E-state index contributed by atoms with van der Waals surface area (Å²) in [6, 6.07) is 10.9. The number of rotatable bonds is 5. The molecule has 1 aromatic carbocycles. The quantitative estimate of drug-likeness (QED) is 0.703. The number of furan rings is 1. The van der Waals surface area contributed by atoms with Gasteiger partial charge in [0, 0.05) is 10.6 Å². The normalized spacial score (nSPS) is 10.5. The van der Waals surface area contributed by atoms with Crippen LogP contribution in [-0.4, -0.2) is 23.5 Å². The monoisotopic (exact) mass is 356 g/mol. The zero-order valence-corrected chi connectivity index (χ0v) is 14.6. The first-order valence-corrected chi connectivity index (χ1v) is 8.39. The number of aromatic nitrogens is 1. The summed E-state index contributed by atoms with van der Waals surface area (Å²) in [4.78, 5) is 29.0. The van der Waals surface area contributed by atoms with E-state index in [0.717, 1.165) is 5.56 Å². The predicted molar refractivity (Wildman–Crippen MR) is 94.6 cm³/mol. The molecule has 2 heterocycles. The van der Waals surface area contributed by atoms with Crippen LogP contribution in [0.2, 0.25) is 0 Å². The highest BCUT2D eigenvalue weighted by Crippen LogP contribution is 2.28. The van der Waals surface area contributed by atoms with Gasteiger partial charge in [-0.1, -0.05) is 17.7 Å². The Morgan fingerprint density at radius 1 is 1.20 bits per heavy atom. The third-order valence-electron chi connectivity index (χ3n) is 3.39. The number of anilines is 1. The van der Waals surface area contributed by atoms with Crippen LogP contribution in [0.1, 0.15) is 20.9 Å². The van der Waals surface area contributed by atoms with Crippen LogP contribution in [0.25, 0.3) is 10.8 Å². The van der Waals surface area contributed by atoms with E-state index in [0.29, 0.717) is 21.3 Å². The largest absolute Gasteiger partial charge is 0.462 e. The van der Waals surface area contributed by atoms with Crippen LogP contribution in [0, 0.1) is 13.8 Å². The second-order valence-corrected chi connectivity index (χ2v) is 6.59. The van der Waals surface area contributed by atoms with Gasteiger partial charge in [-0.3, -0.25) is 4.79 Å². The molecule has 0 unspecified atom stereocenters. The number of thiazole rings is 1. The minimum atomic E-state index is -0.634. The van der Waals surface area contributed by atoms with Gasteiger partial charge in [-0.15, -0.1) is 11.3 Å². The molecule has 0 radical (unpaired) electrons. The molecule has 0 aliphatic rings. The Hall–Kier alpha value is -2.93. The first-order chi connectivity index (χ1) is 12.0. The second kappa shape index (κ2) is 7.31. The number of hydrogen-bond acceptors (Lipinski definition) is 6. The average molecular weight is 356 g/mol. The molecule has 3 aromatic rings. The van der Waals surface area contributed by atoms with E-state index in [2.05, 4.69) is 10.3 Å². The minimum Gasteiger partial charge on any atom is -0.462 e. The zero-order valence-electron chi connectivity index (χ0n) is 13.7. The standard InChI is InChI=1S/C18H16N2O4S/c1-11-5-7-13(8-6-11)19-15(21)10-24-18(22)16-12(2)25-17(20-16)14-4-3-9-23-14/h3-9H,10H2,1-2H3,(H,19,21). The summed E-state index contributed by atoms with van der Waals surface area (Å²) in [7, 11) is 0. The fraction of sp³-hybridized carbons (Fsp3) is 0.167. The number of aryl methyl sites for hydroxylation is 2. The molecule has 0 bridgehead atoms. The van der Waals surface area contributed by atoms with E-state index in [1.165, 1.54) is 11.3 Å². The molecule has 6 nitrogen and oxygen atoms in total. The highest BCUT2D eigenvalue weighted by atomic mass is 32.1. The van der Waals surface area contributed by atoms with Gasteiger partial charge in [0.2, 0.25) is 0 Å². The Labute approximate surface area is 148 Å². The molecule has 0 atom stereocenters. The van der Waals surface area contributed by atoms with Crippen molar-refractivity contribution in [2.24, 2.45) is 0 Å². The van der Waals surface area contributed by atoms with Crippen molar-refractivity contribution in [2.45, 2.75) is 13.8 Å². The van der Waals surface area contributed by atoms with Crippen LogP contribution < -0.4 is 5.32 Å². The molecule has 0 aliphatic carbocycles. The van der Waals surface area contributed by atoms with E-state index in [1.807, 2.05) is 19.1 Å². The first kappa shape index (κ1) is 16.9. The van der Waals surface area contributed by atoms with Crippen molar-refractivity contribution in [1.82, 2.24) is 4.98 Å². The van der Waals surface area contributed by atoms with Crippen LogP contribution in [0.3, 0.4) is 0 Å². The van der Waals surface area contributed by atoms with Gasteiger partial charge in [-0.2, -0.15) is 0 Å². The Bertz CT molecular complexity index is 882. The van der Waals surface area contributed by atoms with Crippen molar-refractivity contribution in [3.8, 4) is 10.8 Å². The topological polar surface area (TPSA) is 81.4 Å². The number of nitrogens with zero attached hydrogens (tertiary/aromatic N) is 1. The van der Waals surface area contributed by atoms with Gasteiger partial charge in [0.15, 0.2) is 23.1 Å². The van der Waals surface area contributed by atoms with E-state index >= 15 is 0 Å². The number of carbonyl (C=O) groups excluding carboxylic acids is 2. The van der Waals surface area contributed by atoms with Gasteiger partial charge >= 0.3 is 5.97 Å². The Balaban J connectivity index is 1.59. The molecule has 3 rings (SSSR count). The maximum absolute atomic E-state index is 12.2. The number of nitrogens with one attached hydrogen (secondary N) is 1. The van der Waals surface area contributed by atoms with Gasteiger partial charge < -0.3 is 14.5 Å². The summed E-state index contributed by atoms with van der Waals surface area (Å²) in [5.74, 6) is -0.453. The maximum Gasteiger partial charge on any atom is 0.358 e. The second-order valence-electron chi connectivity index (χ2n) is 5.39. The highest BCUT2D eigenvalue weighted by molar-refractivity contribution is 7.15. The third-order valence-corrected chi connectivity index (χ3v) is 4.38. The van der Waals surface area contributed by atoms with E-state index in [9.17, 15) is 9.59 Å². The van der Waals surface area contributed by atoms with Crippen molar-refractivity contribution >= 4 is 28.9 Å². The zero-order chi connectivity index (χ0) is 17.8. The summed E-state index contributed by atoms with van der Waals surface area (Å²) in [5.41, 5.74) is 1.94. The van der Waals surface area contributed by atoms with Crippen molar-refractivity contribution in [2.75, 3.05) is 11.9 Å². The maximum atomic E-state index is 12.2. The number of esters is 1. The Kier molecular flexibility index (Phi) is 4.95. The van der Waals surface area contributed by atoms with Crippen molar-refractivity contribution in [1.29, 1.82) is 0 Å². The van der Waals surface area contributed by atoms with Gasteiger partial charge in [0.1, 0.15) is 0 Å². The molecule has 0 aliphatic heterocycles. The van der Waals surface area contributed by atoms with Crippen LogP contribution >= 0.6 is 11.3 Å². The third kappa shape index (κ3) is 4.13. The number of amides is 1. The minimum absolute atomic E-state index is 0.194. The highest BCUT2D eigenvalue weighted by Gasteiger charge is 2.19. The van der Waals surface area contributed by atoms with Gasteiger partial charge in [-0.05, 0) is 38.1 Å². The first-order valence-electron chi connectivity index (χ1n) is 7.58. The molecule has 0 spiro atoms. The summed E-state index contributed by atoms with van der Waals surface area (Å²) >= 11 is 1.33. The van der Waals surface area contributed by atoms with Gasteiger partial charge in [-0.25, -0.2) is 9.78 Å². The van der Waals surface area contributed by atoms with Crippen LogP contribution in [0.5, 0.6) is 0 Å². The van der Waals surface area contributed by atoms with Gasteiger partial charge in [0.05, 0.1) is 6.26 Å². The lowest BCUT2D eigenvalue weighted by Crippen LogP contribution is -2.21. The number of hydrogen-bond donors (Lipinski definition) is 1. The number of carbonyl (C=O) groups is 2. The molecular formula is C18H16N2O4S. The summed E-state index contributed by atoms with van der Waals surface area (Å²) in [6.45, 7) is 3.35. The molecule has 1 N–H and O–H groups in total. The molecular weight excluding hydrogens is 340 g/mol. The van der Waals surface area contributed by atoms with E-state index in [4.69, 9.17) is 9.15 Å². The molecule has 0 fully saturated rings. The summed E-state index contributed by atoms with van der Waals surface area (Å²) < 4.78 is 10.3. The molecule has 128 valence electrons. The summed E-state index contributed by atoms with van der Waals surface area (Å²) in [6.07, 6.45) is 1.54. The molecule has 7 heteroatoms. The number of benzene rings is 1. The fourth-order valence-corrected chi connectivity index (χ4v) is 2.99. The smallest absolute Gasteiger partial charge is 0.358 e. The lowest BCUT2D eigenvalue weighted by atomic mass is 10.2. The van der Waals surface area contributed by atoms with Crippen LogP contribution in [0.15, 0.2) is 47.1 Å². The number of ether oxygens (including phenoxy) is 1. The fourth-order valence-electron chi connectivity index (χ4n) is 2.12. The average Bonchev–Trinajstić information content (AvgIpc) is 3.24. The SMILES string of the molecule is Cc1ccc(NC(=O)COC(=O)c2nc(-c3ccco3)sc2C)cc1. The lowest BCUT2D eigenvalue weighted by molar-refractivity contribution is -0.119. The lowest BCUT2D eigenvalue weighted by Gasteiger charge is -2.06. The Morgan fingerprint density at radius 3 is 2.64 bits per heavy atom. The van der Waals surface area contributed by atoms with E-state index in [1.54, 1.807) is 37.5 Å². The predicted octanol–water partition coefficient (Wildman–Crippen LogP) is 3.82. The van der Waals surface area contributed by atoms with Crippen molar-refractivity contribution in [3.63, 3.8) is 0 Å². The van der Waals surface area contributed by atoms with Crippen molar-refractivity contribution < 1.29 is 18.7 Å². The van der Waals surface area contributed by atoms with Crippen molar-refractivity contribution in [3.05, 3.63) is 58.8 Å². The van der Waals surface area contributed by atoms with Crippen LogP contribution in [0.4, 0.5) is 5.69 Å². The van der Waals surface area contributed by atoms with Crippen LogP contribution in [-0.2, 0) is 9.53 Å². The molecule has 2 aromatic heterocycles. The van der Waals surface area contributed by atoms with E-state index < -0.39 is 11.9 Å². The Morgan fingerprint density at radius 2 is 1.96 bits per heavy atom. The molecule has 0 saturated heterocycles.